The second kappa shape index (κ2) is 15.4. The van der Waals surface area contributed by atoms with Gasteiger partial charge < -0.3 is 24.5 Å². The first-order valence-corrected chi connectivity index (χ1v) is 17.7. The van der Waals surface area contributed by atoms with Gasteiger partial charge >= 0.3 is 0 Å². The summed E-state index contributed by atoms with van der Waals surface area (Å²) in [5.41, 5.74) is -0.528. The number of hydrogen-bond donors (Lipinski definition) is 1. The van der Waals surface area contributed by atoms with Gasteiger partial charge in [-0.1, -0.05) is 96.2 Å². The average Bonchev–Trinajstić information content (AvgIpc) is 3.99. The van der Waals surface area contributed by atoms with Gasteiger partial charge in [-0.05, 0) is 26.7 Å². The van der Waals surface area contributed by atoms with Crippen molar-refractivity contribution in [3.8, 4) is 0 Å². The van der Waals surface area contributed by atoms with Gasteiger partial charge in [-0.3, -0.25) is 14.4 Å². The second-order valence-corrected chi connectivity index (χ2v) is 13.4. The van der Waals surface area contributed by atoms with E-state index in [1.54, 1.807) is 16.4 Å². The predicted molar refractivity (Wildman–Crippen MR) is 204 cm³/mol. The van der Waals surface area contributed by atoms with E-state index in [1.165, 1.54) is 38.2 Å². The Kier molecular flexibility index (Phi) is 10.7. The maximum Gasteiger partial charge on any atom is 0.221 e. The normalized spacial score (nSPS) is 13.6. The number of nitrogens with one attached hydrogen (secondary N) is 1. The third-order valence-electron chi connectivity index (χ3n) is 9.72. The van der Waals surface area contributed by atoms with Crippen LogP contribution in [0.3, 0.4) is 0 Å². The molecule has 1 fully saturated rings. The Bertz CT molecular complexity index is 2110. The fourth-order valence-corrected chi connectivity index (χ4v) is 7.18. The fraction of sp³-hybridized carbons (Fsp3) is 0.286. The Labute approximate surface area is 307 Å². The number of oxime groups is 1. The van der Waals surface area contributed by atoms with E-state index in [1.807, 2.05) is 97.9 Å². The first-order chi connectivity index (χ1) is 25.5. The maximum atomic E-state index is 16.8. The van der Waals surface area contributed by atoms with Crippen LogP contribution in [-0.4, -0.2) is 53.7 Å². The minimum absolute atomic E-state index is 0.0210. The van der Waals surface area contributed by atoms with Crippen molar-refractivity contribution in [2.45, 2.75) is 58.2 Å². The van der Waals surface area contributed by atoms with Crippen molar-refractivity contribution in [3.63, 3.8) is 0 Å². The van der Waals surface area contributed by atoms with Gasteiger partial charge in [0.05, 0.1) is 28.4 Å². The summed E-state index contributed by atoms with van der Waals surface area (Å²) in [4.78, 5) is 48.6. The molecular weight excluding hydrogens is 676 g/mol. The number of carbonyl (C=O) groups excluding carboxylic acids is 2. The highest BCUT2D eigenvalue weighted by molar-refractivity contribution is 6.04. The maximum absolute atomic E-state index is 16.8. The molecule has 6 rings (SSSR count). The zero-order chi connectivity index (χ0) is 37.9. The third-order valence-corrected chi connectivity index (χ3v) is 9.72. The molecule has 11 heteroatoms. The van der Waals surface area contributed by atoms with Crippen LogP contribution in [0, 0.1) is 11.6 Å². The van der Waals surface area contributed by atoms with Gasteiger partial charge in [-0.15, -0.1) is 0 Å². The van der Waals surface area contributed by atoms with E-state index in [0.29, 0.717) is 19.4 Å². The predicted octanol–water partition coefficient (Wildman–Crippen LogP) is 7.61. The van der Waals surface area contributed by atoms with Gasteiger partial charge in [0.15, 0.2) is 11.6 Å². The summed E-state index contributed by atoms with van der Waals surface area (Å²) >= 11 is 0. The van der Waals surface area contributed by atoms with E-state index >= 15 is 8.78 Å². The lowest BCUT2D eigenvalue weighted by Crippen LogP contribution is -2.44. The van der Waals surface area contributed by atoms with Crippen LogP contribution < -0.4 is 15.6 Å². The first-order valence-electron chi connectivity index (χ1n) is 17.7. The molecule has 1 N–H and O–H groups in total. The number of benzene rings is 4. The van der Waals surface area contributed by atoms with Crippen LogP contribution in [0.5, 0.6) is 0 Å². The molecule has 1 unspecified atom stereocenters. The molecule has 9 nitrogen and oxygen atoms in total. The quantitative estimate of drug-likeness (QED) is 0.0768. The molecule has 1 saturated carbocycles. The lowest BCUT2D eigenvalue weighted by atomic mass is 9.80. The summed E-state index contributed by atoms with van der Waals surface area (Å²) in [5, 5.41) is 6.60. The molecule has 4 aromatic carbocycles. The molecule has 0 spiro atoms. The summed E-state index contributed by atoms with van der Waals surface area (Å²) in [6.45, 7) is 6.77. The molecule has 2 amide bonds. The number of aromatic nitrogens is 1. The highest BCUT2D eigenvalue weighted by Gasteiger charge is 2.40. The van der Waals surface area contributed by atoms with Gasteiger partial charge in [-0.25, -0.2) is 8.78 Å². The van der Waals surface area contributed by atoms with E-state index < -0.39 is 39.9 Å². The number of likely N-dealkylation sites (N-methyl/N-ethyl adjacent to an activating group) is 2. The van der Waals surface area contributed by atoms with Crippen molar-refractivity contribution in [1.82, 2.24) is 9.47 Å². The Hall–Kier alpha value is -5.84. The molecule has 0 aliphatic heterocycles. The molecule has 274 valence electrons. The summed E-state index contributed by atoms with van der Waals surface area (Å²) in [6.07, 6.45) is 4.20. The molecule has 53 heavy (non-hydrogen) atoms. The van der Waals surface area contributed by atoms with Crippen LogP contribution in [0.15, 0.2) is 107 Å². The number of hydrogen-bond acceptors (Lipinski definition) is 6. The second-order valence-electron chi connectivity index (χ2n) is 13.4. The molecule has 1 aliphatic carbocycles. The summed E-state index contributed by atoms with van der Waals surface area (Å²) in [7, 11) is 1.52. The van der Waals surface area contributed by atoms with Gasteiger partial charge in [0.25, 0.3) is 0 Å². The van der Waals surface area contributed by atoms with Gasteiger partial charge in [0.1, 0.15) is 5.69 Å². The van der Waals surface area contributed by atoms with Crippen LogP contribution in [0.1, 0.15) is 68.8 Å². The zero-order valence-corrected chi connectivity index (χ0v) is 30.5. The number of pyridine rings is 1. The molecule has 0 saturated heterocycles. The Morgan fingerprint density at radius 2 is 1.47 bits per heavy atom. The summed E-state index contributed by atoms with van der Waals surface area (Å²) < 4.78 is 35.1. The van der Waals surface area contributed by atoms with Crippen molar-refractivity contribution >= 4 is 40.3 Å². The SMILES string of the molecule is CCN(C(C)=O)C(C)CN(C)c1c(F)c(NC(C)=O)c2c(=O)c(C=NOC(c3ccccc3)(c3ccccc3)c3ccccc3)cn(C3CC3)c2c1F. The van der Waals surface area contributed by atoms with Gasteiger partial charge in [0.2, 0.25) is 22.8 Å². The topological polar surface area (TPSA) is 96.2 Å². The average molecular weight is 720 g/mol. The molecule has 1 aliphatic rings. The molecule has 1 aromatic heterocycles. The van der Waals surface area contributed by atoms with Crippen LogP contribution in [0.25, 0.3) is 10.9 Å². The Balaban J connectivity index is 1.52. The first kappa shape index (κ1) is 36.9. The van der Waals surface area contributed by atoms with Gasteiger partial charge in [-0.2, -0.15) is 0 Å². The highest BCUT2D eigenvalue weighted by atomic mass is 19.1. The number of nitrogens with zero attached hydrogens (tertiary/aromatic N) is 4. The molecule has 0 bridgehead atoms. The smallest absolute Gasteiger partial charge is 0.221 e. The molecule has 5 aromatic rings. The van der Waals surface area contributed by atoms with Crippen LogP contribution in [-0.2, 0) is 20.0 Å². The minimum Gasteiger partial charge on any atom is -0.375 e. The fourth-order valence-electron chi connectivity index (χ4n) is 7.18. The molecular formula is C42H43F2N5O4. The largest absolute Gasteiger partial charge is 0.375 e. The summed E-state index contributed by atoms with van der Waals surface area (Å²) in [6, 6.07) is 28.2. The third kappa shape index (κ3) is 7.16. The molecule has 1 atom stereocenters. The number of fused-ring (bicyclic) bond motifs is 1. The standard InChI is InChI=1S/C42H43F2N5O4/c1-6-48(29(4)51)27(2)25-47(5)40-36(43)38(46-28(3)50)35-39(37(40)44)49(34-22-23-34)26-30(41(35)52)24-45-53-42(31-16-10-7-11-17-31,32-18-12-8-13-19-32)33-20-14-9-15-21-33/h7-21,24,26-27,34H,6,22-23,25H2,1-5H3,(H,46,50). The number of anilines is 2. The van der Waals surface area contributed by atoms with Crippen molar-refractivity contribution in [2.24, 2.45) is 5.16 Å². The lowest BCUT2D eigenvalue weighted by Gasteiger charge is -2.33. The van der Waals surface area contributed by atoms with E-state index in [-0.39, 0.29) is 41.0 Å². The zero-order valence-electron chi connectivity index (χ0n) is 30.5. The highest BCUT2D eigenvalue weighted by Crippen LogP contribution is 2.43. The van der Waals surface area contributed by atoms with E-state index in [2.05, 4.69) is 10.5 Å². The number of rotatable bonds is 13. The Morgan fingerprint density at radius 1 is 0.943 bits per heavy atom. The molecule has 1 heterocycles. The number of amides is 2. The van der Waals surface area contributed by atoms with Crippen LogP contribution >= 0.6 is 0 Å². The minimum atomic E-state index is -1.22. The number of carbonyl (C=O) groups is 2. The molecule has 0 radical (unpaired) electrons. The van der Waals surface area contributed by atoms with Crippen LogP contribution in [0.4, 0.5) is 20.2 Å². The number of halogens is 2. The van der Waals surface area contributed by atoms with Crippen molar-refractivity contribution < 1.29 is 23.2 Å². The monoisotopic (exact) mass is 719 g/mol. The van der Waals surface area contributed by atoms with E-state index in [4.69, 9.17) is 4.84 Å². The van der Waals surface area contributed by atoms with Crippen molar-refractivity contribution in [3.05, 3.63) is 141 Å². The van der Waals surface area contributed by atoms with Crippen LogP contribution in [0.2, 0.25) is 0 Å². The Morgan fingerprint density at radius 3 is 1.92 bits per heavy atom. The van der Waals surface area contributed by atoms with Crippen molar-refractivity contribution in [1.29, 1.82) is 0 Å². The van der Waals surface area contributed by atoms with E-state index in [9.17, 15) is 14.4 Å². The lowest BCUT2D eigenvalue weighted by molar-refractivity contribution is -0.130. The van der Waals surface area contributed by atoms with Gasteiger partial charge in [0, 0.05) is 69.0 Å². The van der Waals surface area contributed by atoms with Crippen molar-refractivity contribution in [2.75, 3.05) is 30.4 Å². The van der Waals surface area contributed by atoms with E-state index in [0.717, 1.165) is 16.7 Å². The summed E-state index contributed by atoms with van der Waals surface area (Å²) in [5.74, 6) is -2.83.